The smallest absolute Gasteiger partial charge is 0.319 e. The van der Waals surface area contributed by atoms with E-state index in [4.69, 9.17) is 5.73 Å². The number of carbonyl (C=O) groups excluding carboxylic acids is 1. The molecule has 5 nitrogen and oxygen atoms in total. The molecule has 0 saturated heterocycles. The minimum Gasteiger partial charge on any atom is -0.480 e. The first-order valence-corrected chi connectivity index (χ1v) is 6.97. The van der Waals surface area contributed by atoms with Gasteiger partial charge in [-0.2, -0.15) is 0 Å². The van der Waals surface area contributed by atoms with Crippen molar-refractivity contribution in [2.45, 2.75) is 32.7 Å². The molecule has 0 spiro atoms. The van der Waals surface area contributed by atoms with E-state index in [-0.39, 0.29) is 13.0 Å². The predicted octanol–water partition coefficient (Wildman–Crippen LogP) is 2.00. The molecular formula is C16H20N2O3. The summed E-state index contributed by atoms with van der Waals surface area (Å²) in [6.45, 7) is 2.20. The fourth-order valence-corrected chi connectivity index (χ4v) is 2.68. The Hall–Kier alpha value is -2.30. The molecule has 1 aliphatic carbocycles. The number of carboxylic acid groups (broad SMARTS) is 1. The molecule has 1 aromatic carbocycles. The van der Waals surface area contributed by atoms with Gasteiger partial charge in [-0.15, -0.1) is 0 Å². The van der Waals surface area contributed by atoms with Crippen molar-refractivity contribution in [2.24, 2.45) is 5.41 Å². The Balaban J connectivity index is 2.09. The normalized spacial score (nSPS) is 21.0. The highest BCUT2D eigenvalue weighted by Crippen LogP contribution is 2.33. The van der Waals surface area contributed by atoms with E-state index in [0.29, 0.717) is 18.5 Å². The van der Waals surface area contributed by atoms with Gasteiger partial charge in [0.15, 0.2) is 0 Å². The fourth-order valence-electron chi connectivity index (χ4n) is 2.68. The van der Waals surface area contributed by atoms with Gasteiger partial charge >= 0.3 is 5.97 Å². The van der Waals surface area contributed by atoms with E-state index in [2.05, 4.69) is 5.32 Å². The van der Waals surface area contributed by atoms with E-state index in [1.165, 1.54) is 0 Å². The molecule has 0 fully saturated rings. The van der Waals surface area contributed by atoms with Crippen LogP contribution in [0.4, 0.5) is 5.69 Å². The molecule has 0 aromatic heterocycles. The zero-order chi connectivity index (χ0) is 15.5. The van der Waals surface area contributed by atoms with Crippen LogP contribution in [0.1, 0.15) is 30.4 Å². The number of rotatable bonds is 4. The number of nitrogens with two attached hydrogens (primary N) is 1. The largest absolute Gasteiger partial charge is 0.480 e. The van der Waals surface area contributed by atoms with Crippen LogP contribution in [0, 0.1) is 12.3 Å². The Bertz CT molecular complexity index is 575. The summed E-state index contributed by atoms with van der Waals surface area (Å²) in [5.41, 5.74) is 6.93. The Morgan fingerprint density at radius 3 is 2.67 bits per heavy atom. The molecule has 0 saturated carbocycles. The lowest BCUT2D eigenvalue weighted by Crippen LogP contribution is -2.46. The fraction of sp³-hybridized carbons (Fsp3) is 0.375. The molecule has 112 valence electrons. The third-order valence-corrected chi connectivity index (χ3v) is 3.83. The topological polar surface area (TPSA) is 92.4 Å². The van der Waals surface area contributed by atoms with Gasteiger partial charge in [-0.1, -0.05) is 18.2 Å². The van der Waals surface area contributed by atoms with E-state index in [9.17, 15) is 14.7 Å². The highest BCUT2D eigenvalue weighted by molar-refractivity contribution is 6.02. The zero-order valence-electron chi connectivity index (χ0n) is 12.1. The molecule has 1 aliphatic rings. The van der Waals surface area contributed by atoms with Gasteiger partial charge in [-0.05, 0) is 49.4 Å². The molecular weight excluding hydrogens is 268 g/mol. The third kappa shape index (κ3) is 3.24. The number of carboxylic acids is 1. The number of nitrogen functional groups attached to an aromatic ring is 1. The minimum atomic E-state index is -1.34. The second-order valence-corrected chi connectivity index (χ2v) is 5.54. The van der Waals surface area contributed by atoms with Gasteiger partial charge in [0.25, 0.3) is 0 Å². The monoisotopic (exact) mass is 288 g/mol. The van der Waals surface area contributed by atoms with Crippen LogP contribution >= 0.6 is 0 Å². The standard InChI is InChI=1S/C16H20N2O3/c1-11-7-12(9-13(17)8-11)10-18-14(19)16(15(20)21)5-3-2-4-6-16/h2-3,7-9H,4-6,10,17H2,1H3,(H,18,19)(H,20,21). The lowest BCUT2D eigenvalue weighted by Gasteiger charge is -2.29. The number of allylic oxidation sites excluding steroid dienone is 2. The van der Waals surface area contributed by atoms with Gasteiger partial charge in [0.1, 0.15) is 5.41 Å². The van der Waals surface area contributed by atoms with Crippen LogP contribution in [-0.4, -0.2) is 17.0 Å². The molecule has 21 heavy (non-hydrogen) atoms. The number of hydrogen-bond donors (Lipinski definition) is 3. The first-order valence-electron chi connectivity index (χ1n) is 6.97. The molecule has 0 heterocycles. The molecule has 4 N–H and O–H groups in total. The van der Waals surface area contributed by atoms with Gasteiger partial charge in [-0.3, -0.25) is 9.59 Å². The van der Waals surface area contributed by atoms with Gasteiger partial charge in [0.05, 0.1) is 0 Å². The molecule has 1 amide bonds. The highest BCUT2D eigenvalue weighted by atomic mass is 16.4. The zero-order valence-corrected chi connectivity index (χ0v) is 12.1. The summed E-state index contributed by atoms with van der Waals surface area (Å²) < 4.78 is 0. The number of amides is 1. The van der Waals surface area contributed by atoms with Crippen LogP contribution in [0.5, 0.6) is 0 Å². The average molecular weight is 288 g/mol. The maximum Gasteiger partial charge on any atom is 0.319 e. The molecule has 0 bridgehead atoms. The molecule has 0 radical (unpaired) electrons. The van der Waals surface area contributed by atoms with Gasteiger partial charge in [0.2, 0.25) is 5.91 Å². The van der Waals surface area contributed by atoms with Crippen molar-refractivity contribution in [3.8, 4) is 0 Å². The molecule has 1 aromatic rings. The third-order valence-electron chi connectivity index (χ3n) is 3.83. The maximum absolute atomic E-state index is 12.3. The summed E-state index contributed by atoms with van der Waals surface area (Å²) in [6, 6.07) is 5.54. The maximum atomic E-state index is 12.3. The summed E-state index contributed by atoms with van der Waals surface area (Å²) in [5, 5.41) is 12.2. The molecule has 1 atom stereocenters. The summed E-state index contributed by atoms with van der Waals surface area (Å²) in [7, 11) is 0. The number of anilines is 1. The lowest BCUT2D eigenvalue weighted by molar-refractivity contribution is -0.156. The van der Waals surface area contributed by atoms with E-state index >= 15 is 0 Å². The van der Waals surface area contributed by atoms with Crippen molar-refractivity contribution < 1.29 is 14.7 Å². The summed E-state index contributed by atoms with van der Waals surface area (Å²) in [4.78, 5) is 23.9. The van der Waals surface area contributed by atoms with E-state index in [1.54, 1.807) is 12.1 Å². The van der Waals surface area contributed by atoms with E-state index < -0.39 is 17.3 Å². The Morgan fingerprint density at radius 2 is 2.10 bits per heavy atom. The van der Waals surface area contributed by atoms with Crippen molar-refractivity contribution >= 4 is 17.6 Å². The van der Waals surface area contributed by atoms with Crippen molar-refractivity contribution in [3.63, 3.8) is 0 Å². The second-order valence-electron chi connectivity index (χ2n) is 5.54. The van der Waals surface area contributed by atoms with E-state index in [1.807, 2.05) is 25.1 Å². The van der Waals surface area contributed by atoms with Crippen molar-refractivity contribution in [1.29, 1.82) is 0 Å². The minimum absolute atomic E-state index is 0.240. The average Bonchev–Trinajstić information content (AvgIpc) is 2.44. The van der Waals surface area contributed by atoms with Gasteiger partial charge < -0.3 is 16.2 Å². The molecule has 1 unspecified atom stereocenters. The van der Waals surface area contributed by atoms with E-state index in [0.717, 1.165) is 11.1 Å². The first kappa shape index (κ1) is 15.1. The van der Waals surface area contributed by atoms with Crippen molar-refractivity contribution in [2.75, 3.05) is 5.73 Å². The number of benzene rings is 1. The number of aliphatic carboxylic acids is 1. The quantitative estimate of drug-likeness (QED) is 0.449. The summed E-state index contributed by atoms with van der Waals surface area (Å²) in [5.74, 6) is -1.49. The number of hydrogen-bond acceptors (Lipinski definition) is 3. The Labute approximate surface area is 123 Å². The predicted molar refractivity (Wildman–Crippen MR) is 80.5 cm³/mol. The summed E-state index contributed by atoms with van der Waals surface area (Å²) in [6.07, 6.45) is 4.86. The molecule has 0 aliphatic heterocycles. The summed E-state index contributed by atoms with van der Waals surface area (Å²) >= 11 is 0. The second kappa shape index (κ2) is 5.99. The molecule has 5 heteroatoms. The van der Waals surface area contributed by atoms with Crippen LogP contribution < -0.4 is 11.1 Å². The van der Waals surface area contributed by atoms with Crippen molar-refractivity contribution in [1.82, 2.24) is 5.32 Å². The van der Waals surface area contributed by atoms with Crippen LogP contribution in [-0.2, 0) is 16.1 Å². The lowest BCUT2D eigenvalue weighted by atomic mass is 9.76. The molecule has 2 rings (SSSR count). The van der Waals surface area contributed by atoms with Crippen LogP contribution in [0.25, 0.3) is 0 Å². The van der Waals surface area contributed by atoms with Crippen molar-refractivity contribution in [3.05, 3.63) is 41.5 Å². The Morgan fingerprint density at radius 1 is 1.33 bits per heavy atom. The first-order chi connectivity index (χ1) is 9.94. The number of aryl methyl sites for hydroxylation is 1. The van der Waals surface area contributed by atoms with Crippen LogP contribution in [0.3, 0.4) is 0 Å². The van der Waals surface area contributed by atoms with Crippen LogP contribution in [0.2, 0.25) is 0 Å². The highest BCUT2D eigenvalue weighted by Gasteiger charge is 2.45. The van der Waals surface area contributed by atoms with Crippen LogP contribution in [0.15, 0.2) is 30.4 Å². The van der Waals surface area contributed by atoms with Gasteiger partial charge in [0, 0.05) is 12.2 Å². The SMILES string of the molecule is Cc1cc(N)cc(CNC(=O)C2(C(=O)O)CC=CCC2)c1. The Kier molecular flexibility index (Phi) is 4.31. The van der Waals surface area contributed by atoms with Gasteiger partial charge in [-0.25, -0.2) is 0 Å². The number of nitrogens with one attached hydrogen (secondary N) is 1. The number of carbonyl (C=O) groups is 2.